The number of aromatic nitrogens is 1. The molecule has 0 N–H and O–H groups in total. The van der Waals surface area contributed by atoms with Gasteiger partial charge in [0.2, 0.25) is 0 Å². The van der Waals surface area contributed by atoms with Crippen LogP contribution in [0.3, 0.4) is 0 Å². The first-order chi connectivity index (χ1) is 26.3. The second-order valence-corrected chi connectivity index (χ2v) is 17.8. The van der Waals surface area contributed by atoms with Gasteiger partial charge in [-0.05, 0) is 56.6 Å². The van der Waals surface area contributed by atoms with Gasteiger partial charge in [-0.25, -0.2) is 0 Å². The third kappa shape index (κ3) is 4.41. The van der Waals surface area contributed by atoms with Crippen molar-refractivity contribution >= 4 is 68.5 Å². The van der Waals surface area contributed by atoms with Crippen molar-refractivity contribution in [2.24, 2.45) is 0 Å². The molecule has 9 aromatic rings. The van der Waals surface area contributed by atoms with E-state index >= 15 is 0 Å². The standard InChI is InChI=1S/C48H32BNO2Si/c1-4-16-34(17-5-1)53(35-18-6-2-7-19-35,36-20-8-3-9-21-36)37-28-29-46-42(32-37)49-48-41(40-24-12-15-27-45(40)52-49)30-33(31-47(48)51-46)50-43-25-13-10-22-38(43)39-23-11-14-26-44(39)50/h1-32H. The predicted molar refractivity (Wildman–Crippen MR) is 222 cm³/mol. The first-order valence-electron chi connectivity index (χ1n) is 18.2. The van der Waals surface area contributed by atoms with E-state index in [1.54, 1.807) is 0 Å². The fraction of sp³-hybridized carbons (Fsp3) is 0. The van der Waals surface area contributed by atoms with Crippen LogP contribution >= 0.6 is 0 Å². The molecule has 2 aliphatic heterocycles. The molecule has 1 aromatic heterocycles. The number of nitrogens with zero attached hydrogens (tertiary/aromatic N) is 1. The summed E-state index contributed by atoms with van der Waals surface area (Å²) < 4.78 is 16.4. The summed E-state index contributed by atoms with van der Waals surface area (Å²) in [5.74, 6) is 2.54. The molecule has 53 heavy (non-hydrogen) atoms. The average Bonchev–Trinajstić information content (AvgIpc) is 3.57. The van der Waals surface area contributed by atoms with Gasteiger partial charge in [0.25, 0.3) is 0 Å². The molecule has 8 aromatic carbocycles. The van der Waals surface area contributed by atoms with Crippen molar-refractivity contribution in [3.05, 3.63) is 194 Å². The quantitative estimate of drug-likeness (QED) is 0.138. The molecule has 0 saturated carbocycles. The molecule has 5 heteroatoms. The summed E-state index contributed by atoms with van der Waals surface area (Å²) in [7, 11) is -2.77. The number of rotatable bonds is 5. The summed E-state index contributed by atoms with van der Waals surface area (Å²) in [6.45, 7) is -0.333. The molecule has 0 aliphatic carbocycles. The Morgan fingerprint density at radius 2 is 0.962 bits per heavy atom. The molecule has 3 nitrogen and oxygen atoms in total. The van der Waals surface area contributed by atoms with E-state index < -0.39 is 8.07 Å². The number of benzene rings is 8. The maximum atomic E-state index is 7.05. The summed E-state index contributed by atoms with van der Waals surface area (Å²) in [6.07, 6.45) is 0. The topological polar surface area (TPSA) is 23.4 Å². The summed E-state index contributed by atoms with van der Waals surface area (Å²) in [6, 6.07) is 70.3. The van der Waals surface area contributed by atoms with E-state index in [0.29, 0.717) is 0 Å². The van der Waals surface area contributed by atoms with E-state index in [1.165, 1.54) is 42.6 Å². The minimum absolute atomic E-state index is 0.333. The van der Waals surface area contributed by atoms with Crippen LogP contribution in [0.4, 0.5) is 0 Å². The van der Waals surface area contributed by atoms with Gasteiger partial charge in [0, 0.05) is 33.3 Å². The molecular formula is C48H32BNO2Si. The maximum absolute atomic E-state index is 7.05. The van der Waals surface area contributed by atoms with Crippen LogP contribution in [-0.2, 0) is 0 Å². The van der Waals surface area contributed by atoms with Crippen molar-refractivity contribution in [2.45, 2.75) is 0 Å². The lowest BCUT2D eigenvalue weighted by atomic mass is 9.51. The summed E-state index contributed by atoms with van der Waals surface area (Å²) in [4.78, 5) is 0. The smallest absolute Gasteiger partial charge is 0.434 e. The third-order valence-electron chi connectivity index (χ3n) is 11.2. The van der Waals surface area contributed by atoms with Gasteiger partial charge in [0.1, 0.15) is 17.2 Å². The Hall–Kier alpha value is -6.56. The molecule has 0 unspecified atom stereocenters. The van der Waals surface area contributed by atoms with Crippen molar-refractivity contribution < 1.29 is 9.39 Å². The monoisotopic (exact) mass is 693 g/mol. The molecule has 0 amide bonds. The van der Waals surface area contributed by atoms with E-state index in [4.69, 9.17) is 9.39 Å². The molecule has 11 rings (SSSR count). The zero-order chi connectivity index (χ0) is 34.9. The van der Waals surface area contributed by atoms with Gasteiger partial charge < -0.3 is 14.0 Å². The zero-order valence-corrected chi connectivity index (χ0v) is 29.8. The van der Waals surface area contributed by atoms with Crippen molar-refractivity contribution in [1.82, 2.24) is 4.57 Å². The molecule has 3 heterocycles. The predicted octanol–water partition coefficient (Wildman–Crippen LogP) is 7.43. The minimum Gasteiger partial charge on any atom is -0.551 e. The van der Waals surface area contributed by atoms with Crippen LogP contribution in [0, 0.1) is 0 Å². The van der Waals surface area contributed by atoms with Gasteiger partial charge in [-0.3, -0.25) is 0 Å². The van der Waals surface area contributed by atoms with Crippen LogP contribution in [0.15, 0.2) is 194 Å². The van der Waals surface area contributed by atoms with E-state index in [-0.39, 0.29) is 6.92 Å². The number of hydrogen-bond acceptors (Lipinski definition) is 2. The minimum atomic E-state index is -2.77. The van der Waals surface area contributed by atoms with Gasteiger partial charge in [-0.15, -0.1) is 0 Å². The first-order valence-corrected chi connectivity index (χ1v) is 20.2. The van der Waals surface area contributed by atoms with Crippen LogP contribution in [0.1, 0.15) is 0 Å². The van der Waals surface area contributed by atoms with Crippen LogP contribution in [0.2, 0.25) is 0 Å². The van der Waals surface area contributed by atoms with Crippen LogP contribution < -0.4 is 41.1 Å². The highest BCUT2D eigenvalue weighted by atomic mass is 28.3. The lowest BCUT2D eigenvalue weighted by Gasteiger charge is -2.37. The Labute approximate surface area is 309 Å². The molecule has 0 radical (unpaired) electrons. The second-order valence-electron chi connectivity index (χ2n) is 14.0. The molecule has 0 spiro atoms. The highest BCUT2D eigenvalue weighted by Crippen LogP contribution is 2.41. The van der Waals surface area contributed by atoms with E-state index in [9.17, 15) is 0 Å². The molecule has 0 saturated heterocycles. The second kappa shape index (κ2) is 11.7. The highest BCUT2D eigenvalue weighted by Gasteiger charge is 2.45. The summed E-state index contributed by atoms with van der Waals surface area (Å²) >= 11 is 0. The Kier molecular flexibility index (Phi) is 6.67. The molecular weight excluding hydrogens is 661 g/mol. The van der Waals surface area contributed by atoms with Crippen LogP contribution in [0.5, 0.6) is 17.2 Å². The zero-order valence-electron chi connectivity index (χ0n) is 28.8. The Balaban J connectivity index is 1.16. The molecule has 2 aliphatic rings. The van der Waals surface area contributed by atoms with Gasteiger partial charge in [0.05, 0.1) is 16.7 Å². The fourth-order valence-electron chi connectivity index (χ4n) is 8.98. The van der Waals surface area contributed by atoms with Crippen LogP contribution in [0.25, 0.3) is 38.6 Å². The van der Waals surface area contributed by atoms with Crippen molar-refractivity contribution in [3.8, 4) is 34.1 Å². The van der Waals surface area contributed by atoms with Gasteiger partial charge in [0.15, 0.2) is 8.07 Å². The van der Waals surface area contributed by atoms with Crippen molar-refractivity contribution in [3.63, 3.8) is 0 Å². The third-order valence-corrected chi connectivity index (χ3v) is 16.0. The largest absolute Gasteiger partial charge is 0.551 e. The number of fused-ring (bicyclic) bond motifs is 7. The Morgan fingerprint density at radius 1 is 0.415 bits per heavy atom. The van der Waals surface area contributed by atoms with Gasteiger partial charge in [-0.1, -0.05) is 158 Å². The number of ether oxygens (including phenoxy) is 1. The van der Waals surface area contributed by atoms with Gasteiger partial charge >= 0.3 is 6.92 Å². The lowest BCUT2D eigenvalue weighted by molar-refractivity contribution is 0.479. The van der Waals surface area contributed by atoms with Crippen molar-refractivity contribution in [2.75, 3.05) is 0 Å². The molecule has 248 valence electrons. The van der Waals surface area contributed by atoms with Gasteiger partial charge in [-0.2, -0.15) is 0 Å². The summed E-state index contributed by atoms with van der Waals surface area (Å²) in [5, 5.41) is 7.76. The molecule has 0 bridgehead atoms. The lowest BCUT2D eigenvalue weighted by Crippen LogP contribution is -2.75. The first kappa shape index (κ1) is 30.1. The Morgan fingerprint density at radius 3 is 1.58 bits per heavy atom. The van der Waals surface area contributed by atoms with Crippen LogP contribution in [-0.4, -0.2) is 19.6 Å². The molecule has 0 atom stereocenters. The number of hydrogen-bond donors (Lipinski definition) is 0. The Bertz CT molecular complexity index is 2700. The number of para-hydroxylation sites is 3. The normalized spacial score (nSPS) is 12.8. The van der Waals surface area contributed by atoms with E-state index in [2.05, 4.69) is 199 Å². The molecule has 0 fully saturated rings. The average molecular weight is 694 g/mol. The summed E-state index contributed by atoms with van der Waals surface area (Å²) in [5.41, 5.74) is 7.74. The maximum Gasteiger partial charge on any atom is 0.434 e. The fourth-order valence-corrected chi connectivity index (χ4v) is 13.8. The highest BCUT2D eigenvalue weighted by molar-refractivity contribution is 7.20. The van der Waals surface area contributed by atoms with Crippen molar-refractivity contribution in [1.29, 1.82) is 0 Å². The van der Waals surface area contributed by atoms with E-state index in [0.717, 1.165) is 45.0 Å². The SMILES string of the molecule is c1ccc([Si](c2ccccc2)(c2ccccc2)c2ccc3c(c2)B2Oc4ccccc4-c4cc(-n5c6ccccc6c6ccccc65)cc(c42)O3)cc1. The van der Waals surface area contributed by atoms with E-state index in [1.807, 2.05) is 0 Å².